The van der Waals surface area contributed by atoms with E-state index in [0.29, 0.717) is 31.3 Å². The molecule has 0 radical (unpaired) electrons. The predicted molar refractivity (Wildman–Crippen MR) is 154 cm³/mol. The molecule has 1 N–H and O–H groups in total. The zero-order valence-electron chi connectivity index (χ0n) is 22.8. The van der Waals surface area contributed by atoms with Crippen molar-refractivity contribution in [2.45, 2.75) is 32.9 Å². The maximum atomic E-state index is 14.1. The van der Waals surface area contributed by atoms with Crippen molar-refractivity contribution >= 4 is 27.5 Å². The summed E-state index contributed by atoms with van der Waals surface area (Å²) in [5.41, 5.74) is 1.99. The lowest BCUT2D eigenvalue weighted by Crippen LogP contribution is -2.53. The number of anilines is 1. The van der Waals surface area contributed by atoms with Crippen LogP contribution in [0.5, 0.6) is 11.5 Å². The Morgan fingerprint density at radius 2 is 1.50 bits per heavy atom. The third-order valence-electron chi connectivity index (χ3n) is 6.61. The molecule has 0 bridgehead atoms. The highest BCUT2D eigenvalue weighted by Gasteiger charge is 2.33. The molecule has 4 rings (SSSR count). The number of hydrogen-bond donors (Lipinski definition) is 1. The van der Waals surface area contributed by atoms with E-state index >= 15 is 0 Å². The Labute approximate surface area is 235 Å². The van der Waals surface area contributed by atoms with Crippen molar-refractivity contribution < 1.29 is 27.5 Å². The topological polar surface area (TPSA) is 105 Å². The summed E-state index contributed by atoms with van der Waals surface area (Å²) in [6, 6.07) is 22.7. The van der Waals surface area contributed by atoms with Gasteiger partial charge in [0.1, 0.15) is 25.8 Å². The standard InChI is InChI=1S/C30H35N3O6S/c1-3-31-30(35)26(19-23-11-7-5-8-12-23)32(21-24-13-9-6-10-14-24)29(34)22-33(40(36,37)4-2)25-15-16-27-28(20-25)39-18-17-38-27/h5-16,20,26H,3-4,17-19,21-22H2,1-2H3,(H,31,35)/t26-/m1/s1. The monoisotopic (exact) mass is 565 g/mol. The number of nitrogens with one attached hydrogen (secondary N) is 1. The van der Waals surface area contributed by atoms with Crippen molar-refractivity contribution in [2.24, 2.45) is 0 Å². The Bertz CT molecular complexity index is 1400. The van der Waals surface area contributed by atoms with Crippen molar-refractivity contribution in [1.82, 2.24) is 10.2 Å². The maximum absolute atomic E-state index is 14.1. The molecule has 40 heavy (non-hydrogen) atoms. The number of ether oxygens (including phenoxy) is 2. The highest BCUT2D eigenvalue weighted by atomic mass is 32.2. The van der Waals surface area contributed by atoms with Gasteiger partial charge in [-0.2, -0.15) is 0 Å². The number of fused-ring (bicyclic) bond motifs is 1. The van der Waals surface area contributed by atoms with Gasteiger partial charge in [0.05, 0.1) is 11.4 Å². The third-order valence-corrected chi connectivity index (χ3v) is 8.35. The molecule has 9 nitrogen and oxygen atoms in total. The number of nitrogens with zero attached hydrogens (tertiary/aromatic N) is 2. The van der Waals surface area contributed by atoms with Crippen LogP contribution in [0.3, 0.4) is 0 Å². The molecule has 0 saturated heterocycles. The van der Waals surface area contributed by atoms with Crippen LogP contribution in [0.25, 0.3) is 0 Å². The Balaban J connectivity index is 1.72. The number of sulfonamides is 1. The first-order chi connectivity index (χ1) is 19.3. The predicted octanol–water partition coefficient (Wildman–Crippen LogP) is 3.39. The second kappa shape index (κ2) is 13.3. The molecule has 212 valence electrons. The Morgan fingerprint density at radius 1 is 0.875 bits per heavy atom. The molecular formula is C30H35N3O6S. The maximum Gasteiger partial charge on any atom is 0.244 e. The number of carbonyl (C=O) groups is 2. The van der Waals surface area contributed by atoms with Crippen LogP contribution in [-0.2, 0) is 32.6 Å². The summed E-state index contributed by atoms with van der Waals surface area (Å²) in [7, 11) is -3.87. The molecule has 0 fully saturated rings. The fourth-order valence-corrected chi connectivity index (χ4v) is 5.59. The van der Waals surface area contributed by atoms with E-state index in [1.165, 1.54) is 11.8 Å². The summed E-state index contributed by atoms with van der Waals surface area (Å²) in [5.74, 6) is -0.0854. The highest BCUT2D eigenvalue weighted by Crippen LogP contribution is 2.35. The fourth-order valence-electron chi connectivity index (χ4n) is 4.53. The van der Waals surface area contributed by atoms with Crippen molar-refractivity contribution in [3.8, 4) is 11.5 Å². The zero-order chi connectivity index (χ0) is 28.5. The fraction of sp³-hybridized carbons (Fsp3) is 0.333. The highest BCUT2D eigenvalue weighted by molar-refractivity contribution is 7.92. The van der Waals surface area contributed by atoms with Crippen LogP contribution < -0.4 is 19.1 Å². The molecular weight excluding hydrogens is 530 g/mol. The van der Waals surface area contributed by atoms with Gasteiger partial charge in [-0.3, -0.25) is 13.9 Å². The molecule has 0 spiro atoms. The largest absolute Gasteiger partial charge is 0.486 e. The van der Waals surface area contributed by atoms with E-state index in [-0.39, 0.29) is 30.3 Å². The molecule has 0 aliphatic carbocycles. The van der Waals surface area contributed by atoms with Gasteiger partial charge in [-0.05, 0) is 37.1 Å². The number of carbonyl (C=O) groups excluding carboxylic acids is 2. The van der Waals surface area contributed by atoms with Gasteiger partial charge in [0, 0.05) is 25.6 Å². The first kappa shape index (κ1) is 28.9. The van der Waals surface area contributed by atoms with Crippen LogP contribution in [0.4, 0.5) is 5.69 Å². The summed E-state index contributed by atoms with van der Waals surface area (Å²) in [6.45, 7) is 4.14. The van der Waals surface area contributed by atoms with E-state index in [4.69, 9.17) is 9.47 Å². The van der Waals surface area contributed by atoms with Gasteiger partial charge in [0.15, 0.2) is 11.5 Å². The van der Waals surface area contributed by atoms with Gasteiger partial charge >= 0.3 is 0 Å². The van der Waals surface area contributed by atoms with E-state index in [0.717, 1.165) is 15.4 Å². The van der Waals surface area contributed by atoms with Crippen LogP contribution in [0.2, 0.25) is 0 Å². The molecule has 3 aromatic carbocycles. The summed E-state index contributed by atoms with van der Waals surface area (Å²) in [5, 5.41) is 2.85. The van der Waals surface area contributed by atoms with Gasteiger partial charge < -0.3 is 19.7 Å². The Kier molecular flexibility index (Phi) is 9.65. The molecule has 0 unspecified atom stereocenters. The average molecular weight is 566 g/mol. The van der Waals surface area contributed by atoms with Crippen molar-refractivity contribution in [3.05, 3.63) is 90.0 Å². The summed E-state index contributed by atoms with van der Waals surface area (Å²) < 4.78 is 38.9. The summed E-state index contributed by atoms with van der Waals surface area (Å²) in [4.78, 5) is 29.0. The number of likely N-dealkylation sites (N-methyl/N-ethyl adjacent to an activating group) is 1. The average Bonchev–Trinajstić information content (AvgIpc) is 2.98. The Morgan fingerprint density at radius 3 is 2.12 bits per heavy atom. The Hall–Kier alpha value is -4.05. The molecule has 10 heteroatoms. The van der Waals surface area contributed by atoms with Crippen LogP contribution in [0.15, 0.2) is 78.9 Å². The lowest BCUT2D eigenvalue weighted by Gasteiger charge is -2.34. The third kappa shape index (κ3) is 7.12. The molecule has 0 aromatic heterocycles. The lowest BCUT2D eigenvalue weighted by molar-refractivity contribution is -0.140. The summed E-state index contributed by atoms with van der Waals surface area (Å²) >= 11 is 0. The number of benzene rings is 3. The second-order valence-corrected chi connectivity index (χ2v) is 11.5. The van der Waals surface area contributed by atoms with Crippen LogP contribution in [-0.4, -0.2) is 63.2 Å². The van der Waals surface area contributed by atoms with E-state index in [2.05, 4.69) is 5.32 Å². The normalized spacial score (nSPS) is 13.2. The van der Waals surface area contributed by atoms with Gasteiger partial charge in [-0.25, -0.2) is 8.42 Å². The molecule has 1 atom stereocenters. The van der Waals surface area contributed by atoms with Gasteiger partial charge in [-0.15, -0.1) is 0 Å². The molecule has 2 amide bonds. The SMILES string of the molecule is CCNC(=O)[C@@H](Cc1ccccc1)N(Cc1ccccc1)C(=O)CN(c1ccc2c(c1)OCCO2)S(=O)(=O)CC. The quantitative estimate of drug-likeness (QED) is 0.361. The van der Waals surface area contributed by atoms with E-state index in [9.17, 15) is 18.0 Å². The van der Waals surface area contributed by atoms with Gasteiger partial charge in [-0.1, -0.05) is 60.7 Å². The van der Waals surface area contributed by atoms with Crippen molar-refractivity contribution in [3.63, 3.8) is 0 Å². The van der Waals surface area contributed by atoms with E-state index < -0.39 is 28.5 Å². The van der Waals surface area contributed by atoms with Crippen LogP contribution in [0.1, 0.15) is 25.0 Å². The second-order valence-electron chi connectivity index (χ2n) is 9.34. The number of rotatable bonds is 12. The summed E-state index contributed by atoms with van der Waals surface area (Å²) in [6.07, 6.45) is 0.274. The molecule has 3 aromatic rings. The van der Waals surface area contributed by atoms with Gasteiger partial charge in [0.25, 0.3) is 0 Å². The van der Waals surface area contributed by atoms with Crippen LogP contribution in [0, 0.1) is 0 Å². The number of amides is 2. The minimum Gasteiger partial charge on any atom is -0.486 e. The van der Waals surface area contributed by atoms with Gasteiger partial charge in [0.2, 0.25) is 21.8 Å². The number of hydrogen-bond acceptors (Lipinski definition) is 6. The first-order valence-corrected chi connectivity index (χ1v) is 15.0. The van der Waals surface area contributed by atoms with E-state index in [1.807, 2.05) is 67.6 Å². The lowest BCUT2D eigenvalue weighted by atomic mass is 10.0. The van der Waals surface area contributed by atoms with Crippen molar-refractivity contribution in [1.29, 1.82) is 0 Å². The zero-order valence-corrected chi connectivity index (χ0v) is 23.6. The minimum absolute atomic E-state index is 0.134. The first-order valence-electron chi connectivity index (χ1n) is 13.4. The molecule has 1 heterocycles. The molecule has 1 aliphatic heterocycles. The van der Waals surface area contributed by atoms with Crippen LogP contribution >= 0.6 is 0 Å². The minimum atomic E-state index is -3.87. The molecule has 0 saturated carbocycles. The van der Waals surface area contributed by atoms with E-state index in [1.54, 1.807) is 18.2 Å². The molecule has 1 aliphatic rings. The smallest absolute Gasteiger partial charge is 0.244 e. The van der Waals surface area contributed by atoms with Crippen molar-refractivity contribution in [2.75, 3.05) is 36.4 Å².